The van der Waals surface area contributed by atoms with Gasteiger partial charge in [0.2, 0.25) is 5.91 Å². The molecule has 3 amide bonds. The Morgan fingerprint density at radius 1 is 1.15 bits per heavy atom. The molecule has 0 radical (unpaired) electrons. The molecule has 2 aromatic rings. The Kier molecular flexibility index (Phi) is 5.98. The molecule has 1 aliphatic rings. The summed E-state index contributed by atoms with van der Waals surface area (Å²) in [6, 6.07) is 6.37. The molecule has 27 heavy (non-hydrogen) atoms. The molecule has 7 nitrogen and oxygen atoms in total. The number of hydrogen-bond donors (Lipinski definition) is 1. The number of nitrogens with one attached hydrogen (secondary N) is 1. The van der Waals surface area contributed by atoms with Crippen LogP contribution in [0.4, 0.5) is 4.79 Å². The monoisotopic (exact) mass is 371 g/mol. The number of aromatic nitrogens is 2. The van der Waals surface area contributed by atoms with E-state index in [0.29, 0.717) is 45.2 Å². The first kappa shape index (κ1) is 19.2. The van der Waals surface area contributed by atoms with Crippen molar-refractivity contribution in [3.63, 3.8) is 0 Å². The van der Waals surface area contributed by atoms with Crippen molar-refractivity contribution in [2.45, 2.75) is 39.7 Å². The van der Waals surface area contributed by atoms with Crippen LogP contribution in [0.1, 0.15) is 38.8 Å². The van der Waals surface area contributed by atoms with Crippen LogP contribution in [0.3, 0.4) is 0 Å². The highest BCUT2D eigenvalue weighted by atomic mass is 16.2. The van der Waals surface area contributed by atoms with Gasteiger partial charge in [0.15, 0.2) is 0 Å². The normalized spacial score (nSPS) is 14.8. The topological polar surface area (TPSA) is 70.5 Å². The first-order valence-electron chi connectivity index (χ1n) is 9.75. The summed E-state index contributed by atoms with van der Waals surface area (Å²) in [4.78, 5) is 32.7. The summed E-state index contributed by atoms with van der Waals surface area (Å²) in [5.41, 5.74) is 2.99. The number of hydrogen-bond acceptors (Lipinski definition) is 3. The van der Waals surface area contributed by atoms with Gasteiger partial charge in [0.05, 0.1) is 23.8 Å². The first-order chi connectivity index (χ1) is 13.0. The number of imidazole rings is 1. The lowest BCUT2D eigenvalue weighted by Crippen LogP contribution is -2.53. The quantitative estimate of drug-likeness (QED) is 0.877. The summed E-state index contributed by atoms with van der Waals surface area (Å²) in [6.07, 6.45) is 3.14. The third-order valence-corrected chi connectivity index (χ3v) is 5.00. The Morgan fingerprint density at radius 2 is 1.85 bits per heavy atom. The molecule has 146 valence electrons. The van der Waals surface area contributed by atoms with Crippen LogP contribution in [-0.2, 0) is 11.2 Å². The van der Waals surface area contributed by atoms with E-state index < -0.39 is 0 Å². The second-order valence-electron chi connectivity index (χ2n) is 7.35. The van der Waals surface area contributed by atoms with Gasteiger partial charge in [-0.15, -0.1) is 0 Å². The maximum absolute atomic E-state index is 12.6. The van der Waals surface area contributed by atoms with Crippen molar-refractivity contribution >= 4 is 23.0 Å². The highest BCUT2D eigenvalue weighted by Crippen LogP contribution is 2.19. The van der Waals surface area contributed by atoms with E-state index >= 15 is 0 Å². The van der Waals surface area contributed by atoms with Gasteiger partial charge in [-0.05, 0) is 38.0 Å². The zero-order chi connectivity index (χ0) is 19.4. The molecule has 0 spiro atoms. The SMILES string of the molecule is CCCNC(=O)N1CCN(C(=O)Cc2ccc3c(c2)ncn3C(C)C)CC1. The second kappa shape index (κ2) is 8.41. The predicted molar refractivity (Wildman–Crippen MR) is 106 cm³/mol. The maximum atomic E-state index is 12.6. The summed E-state index contributed by atoms with van der Waals surface area (Å²) in [5.74, 6) is 0.103. The van der Waals surface area contributed by atoms with Crippen LogP contribution in [0.15, 0.2) is 24.5 Å². The molecular formula is C20H29N5O2. The number of piperazine rings is 1. The number of rotatable bonds is 5. The van der Waals surface area contributed by atoms with Crippen LogP contribution < -0.4 is 5.32 Å². The third kappa shape index (κ3) is 4.40. The summed E-state index contributed by atoms with van der Waals surface area (Å²) in [5, 5.41) is 2.89. The van der Waals surface area contributed by atoms with E-state index in [1.54, 1.807) is 4.90 Å². The molecule has 1 fully saturated rings. The fraction of sp³-hybridized carbons (Fsp3) is 0.550. The van der Waals surface area contributed by atoms with Crippen LogP contribution in [0.2, 0.25) is 0 Å². The summed E-state index contributed by atoms with van der Waals surface area (Å²) in [7, 11) is 0. The Labute approximate surface area is 160 Å². The highest BCUT2D eigenvalue weighted by Gasteiger charge is 2.24. The molecule has 1 saturated heterocycles. The number of amides is 3. The van der Waals surface area contributed by atoms with Crippen molar-refractivity contribution in [3.8, 4) is 0 Å². The van der Waals surface area contributed by atoms with Crippen LogP contribution in [0.5, 0.6) is 0 Å². The molecule has 0 aliphatic carbocycles. The fourth-order valence-corrected chi connectivity index (χ4v) is 3.39. The van der Waals surface area contributed by atoms with Crippen LogP contribution >= 0.6 is 0 Å². The van der Waals surface area contributed by atoms with E-state index in [1.807, 2.05) is 36.4 Å². The zero-order valence-electron chi connectivity index (χ0n) is 16.4. The maximum Gasteiger partial charge on any atom is 0.317 e. The molecule has 0 saturated carbocycles. The molecule has 3 rings (SSSR count). The van der Waals surface area contributed by atoms with Crippen molar-refractivity contribution in [1.82, 2.24) is 24.7 Å². The van der Waals surface area contributed by atoms with Gasteiger partial charge in [-0.3, -0.25) is 4.79 Å². The van der Waals surface area contributed by atoms with Crippen molar-refractivity contribution in [2.24, 2.45) is 0 Å². The summed E-state index contributed by atoms with van der Waals surface area (Å²) in [6.45, 7) is 9.30. The Balaban J connectivity index is 1.57. The number of carbonyl (C=O) groups is 2. The molecule has 1 aliphatic heterocycles. The van der Waals surface area contributed by atoms with Crippen LogP contribution in [-0.4, -0.2) is 64.0 Å². The number of urea groups is 1. The Hall–Kier alpha value is -2.57. The van der Waals surface area contributed by atoms with Crippen LogP contribution in [0, 0.1) is 0 Å². The zero-order valence-corrected chi connectivity index (χ0v) is 16.4. The average molecular weight is 371 g/mol. The van der Waals surface area contributed by atoms with Gasteiger partial charge in [-0.1, -0.05) is 13.0 Å². The first-order valence-corrected chi connectivity index (χ1v) is 9.75. The van der Waals surface area contributed by atoms with Gasteiger partial charge in [0.1, 0.15) is 0 Å². The summed E-state index contributed by atoms with van der Waals surface area (Å²) < 4.78 is 2.13. The number of benzene rings is 1. The molecular weight excluding hydrogens is 342 g/mol. The molecule has 0 bridgehead atoms. The third-order valence-electron chi connectivity index (χ3n) is 5.00. The molecule has 1 aromatic heterocycles. The van der Waals surface area contributed by atoms with E-state index in [-0.39, 0.29) is 11.9 Å². The van der Waals surface area contributed by atoms with Crippen molar-refractivity contribution in [3.05, 3.63) is 30.1 Å². The van der Waals surface area contributed by atoms with E-state index in [4.69, 9.17) is 0 Å². The highest BCUT2D eigenvalue weighted by molar-refractivity contribution is 5.82. The van der Waals surface area contributed by atoms with Gasteiger partial charge >= 0.3 is 6.03 Å². The van der Waals surface area contributed by atoms with E-state index in [1.165, 1.54) is 0 Å². The average Bonchev–Trinajstić information content (AvgIpc) is 3.09. The van der Waals surface area contributed by atoms with E-state index in [9.17, 15) is 9.59 Å². The minimum Gasteiger partial charge on any atom is -0.339 e. The second-order valence-corrected chi connectivity index (χ2v) is 7.35. The molecule has 7 heteroatoms. The van der Waals surface area contributed by atoms with Crippen molar-refractivity contribution in [1.29, 1.82) is 0 Å². The van der Waals surface area contributed by atoms with E-state index in [0.717, 1.165) is 23.0 Å². The number of fused-ring (bicyclic) bond motifs is 1. The lowest BCUT2D eigenvalue weighted by Gasteiger charge is -2.34. The van der Waals surface area contributed by atoms with Gasteiger partial charge < -0.3 is 19.7 Å². The Bertz CT molecular complexity index is 806. The van der Waals surface area contributed by atoms with E-state index in [2.05, 4.69) is 28.7 Å². The van der Waals surface area contributed by atoms with Crippen molar-refractivity contribution in [2.75, 3.05) is 32.7 Å². The smallest absolute Gasteiger partial charge is 0.317 e. The molecule has 0 atom stereocenters. The fourth-order valence-electron chi connectivity index (χ4n) is 3.39. The lowest BCUT2D eigenvalue weighted by atomic mass is 10.1. The summed E-state index contributed by atoms with van der Waals surface area (Å²) >= 11 is 0. The standard InChI is InChI=1S/C20H29N5O2/c1-4-7-21-20(27)24-10-8-23(9-11-24)19(26)13-16-5-6-18-17(12-16)22-14-25(18)15(2)3/h5-6,12,14-15H,4,7-11,13H2,1-3H3,(H,21,27). The van der Waals surface area contributed by atoms with Gasteiger partial charge in [0.25, 0.3) is 0 Å². The molecule has 0 unspecified atom stereocenters. The molecule has 1 aromatic carbocycles. The Morgan fingerprint density at radius 3 is 2.52 bits per heavy atom. The predicted octanol–water partition coefficient (Wildman–Crippen LogP) is 2.42. The molecule has 1 N–H and O–H groups in total. The number of carbonyl (C=O) groups excluding carboxylic acids is 2. The molecule has 2 heterocycles. The van der Waals surface area contributed by atoms with Gasteiger partial charge in [-0.2, -0.15) is 0 Å². The minimum atomic E-state index is -0.0323. The van der Waals surface area contributed by atoms with Gasteiger partial charge in [-0.25, -0.2) is 9.78 Å². The lowest BCUT2D eigenvalue weighted by molar-refractivity contribution is -0.131. The van der Waals surface area contributed by atoms with Gasteiger partial charge in [0, 0.05) is 38.8 Å². The number of nitrogens with zero attached hydrogens (tertiary/aromatic N) is 4. The largest absolute Gasteiger partial charge is 0.339 e. The van der Waals surface area contributed by atoms with Crippen LogP contribution in [0.25, 0.3) is 11.0 Å². The van der Waals surface area contributed by atoms with Crippen molar-refractivity contribution < 1.29 is 9.59 Å². The minimum absolute atomic E-state index is 0.0323.